The van der Waals surface area contributed by atoms with Crippen LogP contribution in [0.2, 0.25) is 0 Å². The topological polar surface area (TPSA) is 29.9 Å². The van der Waals surface area contributed by atoms with Crippen molar-refractivity contribution in [1.29, 1.82) is 0 Å². The third-order valence-corrected chi connectivity index (χ3v) is 3.05. The first-order chi connectivity index (χ1) is 8.20. The molecule has 0 atom stereocenters. The average molecular weight is 235 g/mol. The van der Waals surface area contributed by atoms with Gasteiger partial charge in [0.15, 0.2) is 0 Å². The highest BCUT2D eigenvalue weighted by atomic mass is 15.3. The summed E-state index contributed by atoms with van der Waals surface area (Å²) < 4.78 is 2.10. The van der Waals surface area contributed by atoms with Gasteiger partial charge in [0.05, 0.1) is 5.69 Å². The van der Waals surface area contributed by atoms with E-state index in [1.165, 1.54) is 23.4 Å². The van der Waals surface area contributed by atoms with E-state index in [2.05, 4.69) is 42.4 Å². The van der Waals surface area contributed by atoms with Crippen LogP contribution in [-0.4, -0.2) is 22.9 Å². The van der Waals surface area contributed by atoms with E-state index in [1.807, 2.05) is 6.08 Å². The number of rotatable bonds is 8. The lowest BCUT2D eigenvalue weighted by atomic mass is 10.1. The van der Waals surface area contributed by atoms with E-state index in [0.29, 0.717) is 0 Å². The fourth-order valence-electron chi connectivity index (χ4n) is 2.04. The zero-order chi connectivity index (χ0) is 12.7. The van der Waals surface area contributed by atoms with Crippen LogP contribution in [0.1, 0.15) is 36.7 Å². The van der Waals surface area contributed by atoms with E-state index in [-0.39, 0.29) is 0 Å². The van der Waals surface area contributed by atoms with Gasteiger partial charge in [0.25, 0.3) is 0 Å². The van der Waals surface area contributed by atoms with Gasteiger partial charge in [0.1, 0.15) is 0 Å². The zero-order valence-corrected chi connectivity index (χ0v) is 11.4. The molecule has 1 heterocycles. The molecule has 0 radical (unpaired) electrons. The Labute approximate surface area is 105 Å². The first kappa shape index (κ1) is 14.0. The number of aryl methyl sites for hydroxylation is 2. The smallest absolute Gasteiger partial charge is 0.0628 e. The molecule has 0 aliphatic carbocycles. The first-order valence-electron chi connectivity index (χ1n) is 6.55. The Morgan fingerprint density at radius 2 is 2.12 bits per heavy atom. The number of nitrogens with zero attached hydrogens (tertiary/aromatic N) is 2. The molecule has 0 spiro atoms. The van der Waals surface area contributed by atoms with E-state index in [0.717, 1.165) is 32.5 Å². The average Bonchev–Trinajstić information content (AvgIpc) is 2.58. The summed E-state index contributed by atoms with van der Waals surface area (Å²) in [6.07, 6.45) is 5.19. The van der Waals surface area contributed by atoms with Gasteiger partial charge in [-0.3, -0.25) is 4.68 Å². The molecule has 0 aliphatic heterocycles. The van der Waals surface area contributed by atoms with Crippen molar-refractivity contribution >= 4 is 0 Å². The number of allylic oxidation sites excluding steroid dienone is 1. The maximum absolute atomic E-state index is 4.59. The lowest BCUT2D eigenvalue weighted by molar-refractivity contribution is 0.600. The van der Waals surface area contributed by atoms with Crippen LogP contribution in [0.25, 0.3) is 0 Å². The highest BCUT2D eigenvalue weighted by molar-refractivity contribution is 5.24. The van der Waals surface area contributed by atoms with Crippen LogP contribution in [0.3, 0.4) is 0 Å². The third kappa shape index (κ3) is 4.00. The Hall–Kier alpha value is -1.09. The van der Waals surface area contributed by atoms with Gasteiger partial charge in [-0.2, -0.15) is 5.10 Å². The molecule has 17 heavy (non-hydrogen) atoms. The van der Waals surface area contributed by atoms with Crippen LogP contribution in [0.15, 0.2) is 12.7 Å². The van der Waals surface area contributed by atoms with Crippen LogP contribution >= 0.6 is 0 Å². The molecule has 0 saturated carbocycles. The van der Waals surface area contributed by atoms with Gasteiger partial charge in [-0.15, -0.1) is 6.58 Å². The highest BCUT2D eigenvalue weighted by Gasteiger charge is 2.10. The molecule has 0 aliphatic rings. The molecule has 1 aromatic heterocycles. The molecule has 3 heteroatoms. The summed E-state index contributed by atoms with van der Waals surface area (Å²) in [7, 11) is 0. The quantitative estimate of drug-likeness (QED) is 0.554. The first-order valence-corrected chi connectivity index (χ1v) is 6.55. The van der Waals surface area contributed by atoms with E-state index in [4.69, 9.17) is 0 Å². The summed E-state index contributed by atoms with van der Waals surface area (Å²) in [4.78, 5) is 0. The van der Waals surface area contributed by atoms with Crippen LogP contribution in [-0.2, 0) is 13.0 Å². The molecule has 1 N–H and O–H groups in total. The van der Waals surface area contributed by atoms with Crippen molar-refractivity contribution in [1.82, 2.24) is 15.1 Å². The summed E-state index contributed by atoms with van der Waals surface area (Å²) in [6.45, 7) is 13.3. The molecule has 0 amide bonds. The Balaban J connectivity index is 2.58. The van der Waals surface area contributed by atoms with Gasteiger partial charge < -0.3 is 5.32 Å². The van der Waals surface area contributed by atoms with Crippen molar-refractivity contribution in [3.8, 4) is 0 Å². The molecule has 0 saturated heterocycles. The lowest BCUT2D eigenvalue weighted by Crippen LogP contribution is -2.18. The molecule has 0 fully saturated rings. The summed E-state index contributed by atoms with van der Waals surface area (Å²) in [6, 6.07) is 0. The maximum Gasteiger partial charge on any atom is 0.0628 e. The molecule has 0 unspecified atom stereocenters. The van der Waals surface area contributed by atoms with Gasteiger partial charge in [-0.1, -0.05) is 13.0 Å². The monoisotopic (exact) mass is 235 g/mol. The van der Waals surface area contributed by atoms with Gasteiger partial charge >= 0.3 is 0 Å². The minimum absolute atomic E-state index is 0.943. The third-order valence-electron chi connectivity index (χ3n) is 3.05. The summed E-state index contributed by atoms with van der Waals surface area (Å²) in [5.74, 6) is 0. The maximum atomic E-state index is 4.59. The van der Waals surface area contributed by atoms with Crippen molar-refractivity contribution in [3.05, 3.63) is 29.6 Å². The second kappa shape index (κ2) is 7.28. The molecular formula is C14H25N3. The normalized spacial score (nSPS) is 10.8. The van der Waals surface area contributed by atoms with Crippen molar-refractivity contribution in [2.45, 2.75) is 46.6 Å². The number of hydrogen-bond acceptors (Lipinski definition) is 2. The SMILES string of the molecule is C=CCCn1nc(C)c(CCNCCC)c1C. The molecule has 3 nitrogen and oxygen atoms in total. The van der Waals surface area contributed by atoms with Gasteiger partial charge in [-0.25, -0.2) is 0 Å². The van der Waals surface area contributed by atoms with Crippen LogP contribution in [0.5, 0.6) is 0 Å². The van der Waals surface area contributed by atoms with Crippen molar-refractivity contribution < 1.29 is 0 Å². The van der Waals surface area contributed by atoms with Gasteiger partial charge in [-0.05, 0) is 51.8 Å². The molecule has 1 aromatic rings. The molecular weight excluding hydrogens is 210 g/mol. The summed E-state index contributed by atoms with van der Waals surface area (Å²) in [5, 5.41) is 8.02. The predicted molar refractivity (Wildman–Crippen MR) is 73.4 cm³/mol. The number of hydrogen-bond donors (Lipinski definition) is 1. The van der Waals surface area contributed by atoms with Crippen molar-refractivity contribution in [2.24, 2.45) is 0 Å². The Kier molecular flexibility index (Phi) is 5.98. The number of aromatic nitrogens is 2. The molecule has 1 rings (SSSR count). The zero-order valence-electron chi connectivity index (χ0n) is 11.4. The summed E-state index contributed by atoms with van der Waals surface area (Å²) >= 11 is 0. The Morgan fingerprint density at radius 1 is 1.35 bits per heavy atom. The fourth-order valence-corrected chi connectivity index (χ4v) is 2.04. The minimum Gasteiger partial charge on any atom is -0.316 e. The standard InChI is InChI=1S/C14H25N3/c1-5-7-11-17-13(4)14(12(3)16-17)8-10-15-9-6-2/h5,15H,1,6-11H2,2-4H3. The number of nitrogens with one attached hydrogen (secondary N) is 1. The second-order valence-electron chi connectivity index (χ2n) is 4.45. The highest BCUT2D eigenvalue weighted by Crippen LogP contribution is 2.13. The van der Waals surface area contributed by atoms with Crippen LogP contribution < -0.4 is 5.32 Å². The van der Waals surface area contributed by atoms with E-state index < -0.39 is 0 Å². The fraction of sp³-hybridized carbons (Fsp3) is 0.643. The Morgan fingerprint density at radius 3 is 2.76 bits per heavy atom. The predicted octanol–water partition coefficient (Wildman–Crippen LogP) is 2.62. The molecule has 0 bridgehead atoms. The largest absolute Gasteiger partial charge is 0.316 e. The van der Waals surface area contributed by atoms with Crippen LogP contribution in [0.4, 0.5) is 0 Å². The van der Waals surface area contributed by atoms with E-state index >= 15 is 0 Å². The summed E-state index contributed by atoms with van der Waals surface area (Å²) in [5.41, 5.74) is 3.88. The molecule has 96 valence electrons. The van der Waals surface area contributed by atoms with Crippen molar-refractivity contribution in [3.63, 3.8) is 0 Å². The lowest BCUT2D eigenvalue weighted by Gasteiger charge is -2.05. The van der Waals surface area contributed by atoms with Crippen LogP contribution in [0, 0.1) is 13.8 Å². The van der Waals surface area contributed by atoms with Crippen molar-refractivity contribution in [2.75, 3.05) is 13.1 Å². The van der Waals surface area contributed by atoms with E-state index in [1.54, 1.807) is 0 Å². The second-order valence-corrected chi connectivity index (χ2v) is 4.45. The van der Waals surface area contributed by atoms with Gasteiger partial charge in [0.2, 0.25) is 0 Å². The molecule has 0 aromatic carbocycles. The van der Waals surface area contributed by atoms with E-state index in [9.17, 15) is 0 Å². The minimum atomic E-state index is 0.943. The van der Waals surface area contributed by atoms with Gasteiger partial charge in [0, 0.05) is 12.2 Å². The Bertz CT molecular complexity index is 353.